The third-order valence-electron chi connectivity index (χ3n) is 2.38. The number of carbonyl (C=O) groups is 1. The van der Waals surface area contributed by atoms with E-state index in [1.54, 1.807) is 30.3 Å². The summed E-state index contributed by atoms with van der Waals surface area (Å²) in [5, 5.41) is 2.65. The highest BCUT2D eigenvalue weighted by Gasteiger charge is 2.29. The minimum Gasteiger partial charge on any atom is -0.461 e. The van der Waals surface area contributed by atoms with Gasteiger partial charge >= 0.3 is 12.1 Å². The second-order valence-corrected chi connectivity index (χ2v) is 4.18. The van der Waals surface area contributed by atoms with E-state index < -0.39 is 24.6 Å². The van der Waals surface area contributed by atoms with Gasteiger partial charge in [-0.25, -0.2) is 4.79 Å². The van der Waals surface area contributed by atoms with E-state index in [9.17, 15) is 18.0 Å². The molecule has 0 aliphatic rings. The lowest BCUT2D eigenvalue weighted by Gasteiger charge is -2.15. The molecule has 20 heavy (non-hydrogen) atoms. The molecule has 0 spiro atoms. The molecule has 1 aromatic rings. The Hall–Kier alpha value is -1.27. The maximum atomic E-state index is 12.0. The van der Waals surface area contributed by atoms with Crippen molar-refractivity contribution < 1.29 is 22.7 Å². The Balaban J connectivity index is 0.00000361. The van der Waals surface area contributed by atoms with Gasteiger partial charge in [-0.1, -0.05) is 18.2 Å². The zero-order valence-corrected chi connectivity index (χ0v) is 11.8. The molecular formula is C13H17ClF3NO2. The number of benzene rings is 1. The van der Waals surface area contributed by atoms with Gasteiger partial charge in [0.05, 0.1) is 12.0 Å². The van der Waals surface area contributed by atoms with Crippen LogP contribution in [0.15, 0.2) is 30.3 Å². The van der Waals surface area contributed by atoms with Crippen LogP contribution in [-0.2, 0) is 4.74 Å². The monoisotopic (exact) mass is 311 g/mol. The highest BCUT2D eigenvalue weighted by Crippen LogP contribution is 2.21. The fourth-order valence-electron chi connectivity index (χ4n) is 1.53. The summed E-state index contributed by atoms with van der Waals surface area (Å²) in [6.07, 6.45) is -5.09. The molecule has 114 valence electrons. The topological polar surface area (TPSA) is 38.3 Å². The quantitative estimate of drug-likeness (QED) is 0.647. The van der Waals surface area contributed by atoms with Crippen molar-refractivity contribution >= 4 is 18.4 Å². The van der Waals surface area contributed by atoms with Crippen molar-refractivity contribution in [3.8, 4) is 0 Å². The number of ether oxygens (including phenoxy) is 1. The third-order valence-corrected chi connectivity index (χ3v) is 2.38. The van der Waals surface area contributed by atoms with Crippen molar-refractivity contribution in [3.05, 3.63) is 35.9 Å². The molecule has 0 saturated carbocycles. The van der Waals surface area contributed by atoms with Crippen LogP contribution in [-0.4, -0.2) is 31.3 Å². The molecular weight excluding hydrogens is 295 g/mol. The van der Waals surface area contributed by atoms with Crippen molar-refractivity contribution in [1.29, 1.82) is 0 Å². The largest absolute Gasteiger partial charge is 0.461 e. The number of hydrogen-bond acceptors (Lipinski definition) is 3. The fraction of sp³-hybridized carbons (Fsp3) is 0.462. The van der Waals surface area contributed by atoms with Gasteiger partial charge in [-0.3, -0.25) is 0 Å². The van der Waals surface area contributed by atoms with Gasteiger partial charge in [0.15, 0.2) is 0 Å². The molecule has 0 bridgehead atoms. The van der Waals surface area contributed by atoms with Crippen molar-refractivity contribution in [1.82, 2.24) is 5.32 Å². The number of carbonyl (C=O) groups excluding carboxylic acids is 1. The molecule has 0 aliphatic heterocycles. The summed E-state index contributed by atoms with van der Waals surface area (Å²) in [4.78, 5) is 11.5. The predicted molar refractivity (Wildman–Crippen MR) is 72.1 cm³/mol. The molecule has 1 N–H and O–H groups in total. The SMILES string of the molecule is CC(CC(F)(F)F)NCCOC(=O)c1ccccc1.Cl. The highest BCUT2D eigenvalue weighted by molar-refractivity contribution is 5.89. The van der Waals surface area contributed by atoms with Crippen LogP contribution in [0.5, 0.6) is 0 Å². The average Bonchev–Trinajstić information content (AvgIpc) is 2.33. The van der Waals surface area contributed by atoms with Gasteiger partial charge in [0.1, 0.15) is 6.61 Å². The fourth-order valence-corrected chi connectivity index (χ4v) is 1.53. The smallest absolute Gasteiger partial charge is 0.390 e. The number of nitrogens with one attached hydrogen (secondary N) is 1. The summed E-state index contributed by atoms with van der Waals surface area (Å²) in [6.45, 7) is 1.66. The molecule has 0 saturated heterocycles. The number of alkyl halides is 3. The predicted octanol–water partition coefficient (Wildman–Crippen LogP) is 3.20. The molecule has 0 aliphatic carbocycles. The first-order chi connectivity index (χ1) is 8.88. The lowest BCUT2D eigenvalue weighted by atomic mass is 10.2. The van der Waals surface area contributed by atoms with Crippen LogP contribution in [0.25, 0.3) is 0 Å². The normalized spacial score (nSPS) is 12.4. The van der Waals surface area contributed by atoms with Crippen LogP contribution in [0.4, 0.5) is 13.2 Å². The van der Waals surface area contributed by atoms with Crippen molar-refractivity contribution in [3.63, 3.8) is 0 Å². The van der Waals surface area contributed by atoms with E-state index in [1.807, 2.05) is 0 Å². The Bertz CT molecular complexity index is 398. The minimum atomic E-state index is -4.19. The second kappa shape index (κ2) is 8.81. The molecule has 0 amide bonds. The lowest BCUT2D eigenvalue weighted by Crippen LogP contribution is -2.33. The first-order valence-electron chi connectivity index (χ1n) is 5.91. The first-order valence-corrected chi connectivity index (χ1v) is 5.91. The van der Waals surface area contributed by atoms with Gasteiger partial charge < -0.3 is 10.1 Å². The molecule has 1 rings (SSSR count). The Kier molecular flexibility index (Phi) is 8.25. The van der Waals surface area contributed by atoms with E-state index in [2.05, 4.69) is 5.32 Å². The van der Waals surface area contributed by atoms with Gasteiger partial charge in [-0.05, 0) is 19.1 Å². The van der Waals surface area contributed by atoms with Gasteiger partial charge in [0.25, 0.3) is 0 Å². The first kappa shape index (κ1) is 18.7. The number of rotatable bonds is 6. The Morgan fingerprint density at radius 2 is 1.90 bits per heavy atom. The molecule has 0 fully saturated rings. The summed E-state index contributed by atoms with van der Waals surface area (Å²) in [7, 11) is 0. The van der Waals surface area contributed by atoms with Gasteiger partial charge in [0, 0.05) is 12.6 Å². The zero-order chi connectivity index (χ0) is 14.3. The lowest BCUT2D eigenvalue weighted by molar-refractivity contribution is -0.139. The molecule has 0 aromatic heterocycles. The van der Waals surface area contributed by atoms with Gasteiger partial charge in [-0.2, -0.15) is 13.2 Å². The molecule has 3 nitrogen and oxygen atoms in total. The van der Waals surface area contributed by atoms with Crippen molar-refractivity contribution in [2.75, 3.05) is 13.2 Å². The van der Waals surface area contributed by atoms with Crippen LogP contribution in [0, 0.1) is 0 Å². The minimum absolute atomic E-state index is 0. The van der Waals surface area contributed by atoms with E-state index in [-0.39, 0.29) is 25.6 Å². The maximum Gasteiger partial charge on any atom is 0.390 e. The Morgan fingerprint density at radius 1 is 1.30 bits per heavy atom. The van der Waals surface area contributed by atoms with Crippen LogP contribution in [0.3, 0.4) is 0 Å². The summed E-state index contributed by atoms with van der Waals surface area (Å²) in [6, 6.07) is 7.72. The highest BCUT2D eigenvalue weighted by atomic mass is 35.5. The van der Waals surface area contributed by atoms with Crippen LogP contribution in [0.2, 0.25) is 0 Å². The Labute approximate surface area is 121 Å². The third kappa shape index (κ3) is 8.01. The summed E-state index contributed by atoms with van der Waals surface area (Å²) < 4.78 is 41.0. The molecule has 1 atom stereocenters. The van der Waals surface area contributed by atoms with Crippen molar-refractivity contribution in [2.24, 2.45) is 0 Å². The second-order valence-electron chi connectivity index (χ2n) is 4.18. The van der Waals surface area contributed by atoms with Gasteiger partial charge in [-0.15, -0.1) is 12.4 Å². The van der Waals surface area contributed by atoms with Crippen LogP contribution in [0.1, 0.15) is 23.7 Å². The van der Waals surface area contributed by atoms with E-state index >= 15 is 0 Å². The van der Waals surface area contributed by atoms with E-state index in [0.717, 1.165) is 0 Å². The summed E-state index contributed by atoms with van der Waals surface area (Å²) >= 11 is 0. The maximum absolute atomic E-state index is 12.0. The van der Waals surface area contributed by atoms with E-state index in [4.69, 9.17) is 4.74 Å². The zero-order valence-electron chi connectivity index (χ0n) is 10.9. The standard InChI is InChI=1S/C13H16F3NO2.ClH/c1-10(9-13(14,15)16)17-7-8-19-12(18)11-5-3-2-4-6-11;/h2-6,10,17H,7-9H2,1H3;1H. The summed E-state index contributed by atoms with van der Waals surface area (Å²) in [5.41, 5.74) is 0.422. The molecule has 0 heterocycles. The van der Waals surface area contributed by atoms with Gasteiger partial charge in [0.2, 0.25) is 0 Å². The van der Waals surface area contributed by atoms with E-state index in [1.165, 1.54) is 6.92 Å². The molecule has 7 heteroatoms. The summed E-state index contributed by atoms with van der Waals surface area (Å²) in [5.74, 6) is -0.481. The number of halogens is 4. The molecule has 1 unspecified atom stereocenters. The Morgan fingerprint density at radius 3 is 2.45 bits per heavy atom. The number of esters is 1. The molecule has 1 aromatic carbocycles. The van der Waals surface area contributed by atoms with Crippen LogP contribution >= 0.6 is 12.4 Å². The van der Waals surface area contributed by atoms with Crippen LogP contribution < -0.4 is 5.32 Å². The number of hydrogen-bond donors (Lipinski definition) is 1. The molecule has 0 radical (unpaired) electrons. The van der Waals surface area contributed by atoms with Crippen molar-refractivity contribution in [2.45, 2.75) is 25.6 Å². The van der Waals surface area contributed by atoms with E-state index in [0.29, 0.717) is 5.56 Å². The average molecular weight is 312 g/mol.